The average molecular weight is 557 g/mol. The van der Waals surface area contributed by atoms with Gasteiger partial charge in [-0.25, -0.2) is 22.8 Å². The van der Waals surface area contributed by atoms with Crippen molar-refractivity contribution in [1.82, 2.24) is 14.9 Å². The molecule has 3 aromatic rings. The first kappa shape index (κ1) is 27.8. The summed E-state index contributed by atoms with van der Waals surface area (Å²) in [6.07, 6.45) is 3.40. The Morgan fingerprint density at radius 1 is 1.16 bits per heavy atom. The van der Waals surface area contributed by atoms with Crippen molar-refractivity contribution in [2.24, 2.45) is 0 Å². The fourth-order valence-electron chi connectivity index (χ4n) is 4.45. The normalized spacial score (nSPS) is 15.2. The second-order valence-corrected chi connectivity index (χ2v) is 12.2. The largest absolute Gasteiger partial charge is 0.369 e. The highest BCUT2D eigenvalue weighted by molar-refractivity contribution is 7.90. The maximum absolute atomic E-state index is 14.4. The smallest absolute Gasteiger partial charge is 0.161 e. The van der Waals surface area contributed by atoms with Gasteiger partial charge in [0.2, 0.25) is 0 Å². The third kappa shape index (κ3) is 7.19. The number of rotatable bonds is 9. The lowest BCUT2D eigenvalue weighted by Gasteiger charge is -2.36. The van der Waals surface area contributed by atoms with Crippen LogP contribution in [0.3, 0.4) is 0 Å². The first-order chi connectivity index (χ1) is 18.1. The number of halogens is 2. The fourth-order valence-corrected chi connectivity index (χ4v) is 5.26. The predicted octanol–water partition coefficient (Wildman–Crippen LogP) is 4.54. The molecule has 11 heteroatoms. The van der Waals surface area contributed by atoms with Gasteiger partial charge in [-0.1, -0.05) is 17.7 Å². The van der Waals surface area contributed by atoms with Crippen LogP contribution in [0.1, 0.15) is 30.5 Å². The molecule has 1 aliphatic heterocycles. The Morgan fingerprint density at radius 3 is 2.50 bits per heavy atom. The van der Waals surface area contributed by atoms with Crippen LogP contribution in [0.4, 0.5) is 15.9 Å². The van der Waals surface area contributed by atoms with Gasteiger partial charge in [0, 0.05) is 54.3 Å². The summed E-state index contributed by atoms with van der Waals surface area (Å²) >= 11 is 5.87. The van der Waals surface area contributed by atoms with E-state index >= 15 is 0 Å². The lowest BCUT2D eigenvalue weighted by Crippen LogP contribution is -2.46. The maximum Gasteiger partial charge on any atom is 0.161 e. The summed E-state index contributed by atoms with van der Waals surface area (Å²) in [5.41, 5.74) is 2.56. The van der Waals surface area contributed by atoms with Crippen molar-refractivity contribution in [1.29, 1.82) is 5.26 Å². The Kier molecular flexibility index (Phi) is 8.82. The highest BCUT2D eigenvalue weighted by Crippen LogP contribution is 2.27. The zero-order chi connectivity index (χ0) is 27.3. The fraction of sp³-hybridized carbons (Fsp3) is 0.370. The van der Waals surface area contributed by atoms with E-state index in [1.165, 1.54) is 18.5 Å². The number of anilines is 2. The minimum absolute atomic E-state index is 0.222. The Morgan fingerprint density at radius 2 is 1.87 bits per heavy atom. The number of nitrogens with one attached hydrogen (secondary N) is 1. The number of hydrogen-bond acceptors (Lipinski definition) is 8. The van der Waals surface area contributed by atoms with E-state index in [-0.39, 0.29) is 11.3 Å². The molecule has 200 valence electrons. The van der Waals surface area contributed by atoms with Crippen LogP contribution in [0.15, 0.2) is 48.7 Å². The van der Waals surface area contributed by atoms with Crippen molar-refractivity contribution in [3.05, 3.63) is 70.6 Å². The minimum atomic E-state index is -2.92. The van der Waals surface area contributed by atoms with Crippen LogP contribution in [-0.4, -0.2) is 68.0 Å². The molecule has 0 saturated carbocycles. The maximum atomic E-state index is 14.4. The van der Waals surface area contributed by atoms with Gasteiger partial charge in [0.1, 0.15) is 33.1 Å². The predicted molar refractivity (Wildman–Crippen MR) is 149 cm³/mol. The molecule has 2 heterocycles. The quantitative estimate of drug-likeness (QED) is 0.410. The highest BCUT2D eigenvalue weighted by atomic mass is 35.5. The van der Waals surface area contributed by atoms with Crippen LogP contribution in [0, 0.1) is 17.1 Å². The van der Waals surface area contributed by atoms with Crippen LogP contribution in [0.25, 0.3) is 11.4 Å². The Labute approximate surface area is 228 Å². The summed E-state index contributed by atoms with van der Waals surface area (Å²) in [4.78, 5) is 13.5. The van der Waals surface area contributed by atoms with Gasteiger partial charge < -0.3 is 10.2 Å². The van der Waals surface area contributed by atoms with E-state index in [0.717, 1.165) is 44.0 Å². The van der Waals surface area contributed by atoms with Gasteiger partial charge >= 0.3 is 0 Å². The van der Waals surface area contributed by atoms with Crippen molar-refractivity contribution in [3.63, 3.8) is 0 Å². The Bertz CT molecular complexity index is 1420. The van der Waals surface area contributed by atoms with Crippen molar-refractivity contribution >= 4 is 32.9 Å². The molecule has 1 saturated heterocycles. The number of aromatic nitrogens is 2. The molecule has 1 N–H and O–H groups in total. The van der Waals surface area contributed by atoms with Gasteiger partial charge in [0.05, 0.1) is 18.0 Å². The monoisotopic (exact) mass is 556 g/mol. The van der Waals surface area contributed by atoms with Gasteiger partial charge in [-0.2, -0.15) is 5.26 Å². The van der Waals surface area contributed by atoms with Crippen molar-refractivity contribution in [2.45, 2.75) is 19.4 Å². The van der Waals surface area contributed by atoms with E-state index in [0.29, 0.717) is 28.6 Å². The number of benzene rings is 2. The van der Waals surface area contributed by atoms with Gasteiger partial charge in [0.25, 0.3) is 0 Å². The van der Waals surface area contributed by atoms with Gasteiger partial charge in [-0.3, -0.25) is 4.90 Å². The second-order valence-electron chi connectivity index (χ2n) is 9.46. The average Bonchev–Trinajstić information content (AvgIpc) is 2.88. The Hall–Kier alpha value is -3.26. The van der Waals surface area contributed by atoms with Gasteiger partial charge in [-0.15, -0.1) is 0 Å². The van der Waals surface area contributed by atoms with Crippen LogP contribution in [0.2, 0.25) is 5.02 Å². The van der Waals surface area contributed by atoms with E-state index in [9.17, 15) is 18.1 Å². The molecule has 0 aliphatic carbocycles. The van der Waals surface area contributed by atoms with Crippen LogP contribution >= 0.6 is 11.6 Å². The minimum Gasteiger partial charge on any atom is -0.369 e. The molecule has 38 heavy (non-hydrogen) atoms. The van der Waals surface area contributed by atoms with Crippen LogP contribution in [0.5, 0.6) is 0 Å². The number of hydrogen-bond donors (Lipinski definition) is 1. The summed E-state index contributed by atoms with van der Waals surface area (Å²) in [6.45, 7) is 6.06. The lowest BCUT2D eigenvalue weighted by atomic mass is 10.1. The van der Waals surface area contributed by atoms with Crippen molar-refractivity contribution in [2.75, 3.05) is 54.9 Å². The summed E-state index contributed by atoms with van der Waals surface area (Å²) in [5.74, 6) is 0.573. The number of nitrogens with zero attached hydrogens (tertiary/aromatic N) is 5. The van der Waals surface area contributed by atoms with Crippen LogP contribution in [-0.2, 0) is 9.84 Å². The zero-order valence-electron chi connectivity index (χ0n) is 21.4. The first-order valence-electron chi connectivity index (χ1n) is 12.4. The topological polar surface area (TPSA) is 102 Å². The van der Waals surface area contributed by atoms with E-state index in [1.807, 2.05) is 24.3 Å². The van der Waals surface area contributed by atoms with Crippen LogP contribution < -0.4 is 10.2 Å². The zero-order valence-corrected chi connectivity index (χ0v) is 22.9. The standard InChI is InChI=1S/C27H30ClFN6O2S/c1-19(24-9-6-22(28)16-25(24)29)32-27-21(17-30)18-31-26(33-27)20-4-7-23(8-5-20)35-13-11-34(12-14-35)10-3-15-38(2,36)37/h4-9,16,18-19H,3,10-15H2,1-2H3,(H,31,32,33)/t19-/m1/s1. The number of sulfone groups is 1. The van der Waals surface area contributed by atoms with E-state index < -0.39 is 21.7 Å². The summed E-state index contributed by atoms with van der Waals surface area (Å²) in [5, 5.41) is 13.0. The van der Waals surface area contributed by atoms with Crippen molar-refractivity contribution < 1.29 is 12.8 Å². The molecule has 0 unspecified atom stereocenters. The molecule has 0 spiro atoms. The molecule has 0 bridgehead atoms. The third-order valence-corrected chi connectivity index (χ3v) is 7.81. The molecule has 1 fully saturated rings. The number of nitriles is 1. The molecule has 0 radical (unpaired) electrons. The molecular weight excluding hydrogens is 527 g/mol. The molecule has 2 aromatic carbocycles. The third-order valence-electron chi connectivity index (χ3n) is 6.54. The highest BCUT2D eigenvalue weighted by Gasteiger charge is 2.19. The van der Waals surface area contributed by atoms with Gasteiger partial charge in [-0.05, 0) is 56.3 Å². The number of piperazine rings is 1. The molecule has 4 rings (SSSR count). The molecule has 1 aliphatic rings. The van der Waals surface area contributed by atoms with E-state index in [4.69, 9.17) is 11.6 Å². The van der Waals surface area contributed by atoms with Gasteiger partial charge in [0.15, 0.2) is 5.82 Å². The van der Waals surface area contributed by atoms with Crippen molar-refractivity contribution in [3.8, 4) is 17.5 Å². The SMILES string of the molecule is C[C@@H](Nc1nc(-c2ccc(N3CCN(CCCS(C)(=O)=O)CC3)cc2)ncc1C#N)c1ccc(Cl)cc1F. The molecule has 0 amide bonds. The Balaban J connectivity index is 1.41. The summed E-state index contributed by atoms with van der Waals surface area (Å²) in [7, 11) is -2.92. The summed E-state index contributed by atoms with van der Waals surface area (Å²) < 4.78 is 37.1. The van der Waals surface area contributed by atoms with E-state index in [1.54, 1.807) is 19.1 Å². The molecule has 1 atom stereocenters. The second kappa shape index (κ2) is 12.1. The summed E-state index contributed by atoms with van der Waals surface area (Å²) in [6, 6.07) is 14.1. The molecular formula is C27H30ClFN6O2S. The molecule has 8 nitrogen and oxygen atoms in total. The van der Waals surface area contributed by atoms with E-state index in [2.05, 4.69) is 31.2 Å². The first-order valence-corrected chi connectivity index (χ1v) is 14.8. The lowest BCUT2D eigenvalue weighted by molar-refractivity contribution is 0.259. The molecule has 1 aromatic heterocycles.